The SMILES string of the molecule is O=C1[C@H]2CCCN2[C@H](c2cccnc2)N1c1ccccn1. The largest absolute Gasteiger partial charge is 0.274 e. The molecule has 2 atom stereocenters. The van der Waals surface area contributed by atoms with Gasteiger partial charge in [0.1, 0.15) is 12.0 Å². The zero-order valence-corrected chi connectivity index (χ0v) is 11.6. The van der Waals surface area contributed by atoms with Crippen molar-refractivity contribution in [2.75, 3.05) is 11.4 Å². The molecule has 4 heterocycles. The summed E-state index contributed by atoms with van der Waals surface area (Å²) in [7, 11) is 0. The monoisotopic (exact) mass is 280 g/mol. The summed E-state index contributed by atoms with van der Waals surface area (Å²) in [5, 5.41) is 0. The number of carbonyl (C=O) groups is 1. The van der Waals surface area contributed by atoms with Crippen LogP contribution in [-0.4, -0.2) is 33.4 Å². The number of hydrogen-bond donors (Lipinski definition) is 0. The van der Waals surface area contributed by atoms with E-state index in [1.165, 1.54) is 0 Å². The molecule has 2 saturated heterocycles. The minimum atomic E-state index is -0.0893. The molecule has 0 saturated carbocycles. The molecule has 21 heavy (non-hydrogen) atoms. The van der Waals surface area contributed by atoms with Gasteiger partial charge in [0, 0.05) is 30.7 Å². The van der Waals surface area contributed by atoms with Gasteiger partial charge in [-0.15, -0.1) is 0 Å². The Morgan fingerprint density at radius 3 is 2.86 bits per heavy atom. The van der Waals surface area contributed by atoms with Crippen LogP contribution in [0, 0.1) is 0 Å². The topological polar surface area (TPSA) is 49.3 Å². The number of anilines is 1. The molecule has 0 radical (unpaired) electrons. The summed E-state index contributed by atoms with van der Waals surface area (Å²) in [4.78, 5) is 25.5. The second-order valence-electron chi connectivity index (χ2n) is 5.45. The van der Waals surface area contributed by atoms with Crippen LogP contribution in [0.1, 0.15) is 24.6 Å². The van der Waals surface area contributed by atoms with E-state index in [0.29, 0.717) is 5.82 Å². The third-order valence-electron chi connectivity index (χ3n) is 4.25. The van der Waals surface area contributed by atoms with Gasteiger partial charge in [-0.1, -0.05) is 12.1 Å². The van der Waals surface area contributed by atoms with Gasteiger partial charge in [-0.05, 0) is 31.0 Å². The highest BCUT2D eigenvalue weighted by Gasteiger charge is 2.49. The summed E-state index contributed by atoms with van der Waals surface area (Å²) in [6, 6.07) is 9.60. The molecule has 0 bridgehead atoms. The molecule has 2 aliphatic heterocycles. The van der Waals surface area contributed by atoms with Crippen LogP contribution >= 0.6 is 0 Å². The van der Waals surface area contributed by atoms with Crippen molar-refractivity contribution in [2.24, 2.45) is 0 Å². The van der Waals surface area contributed by atoms with E-state index in [0.717, 1.165) is 24.9 Å². The zero-order valence-electron chi connectivity index (χ0n) is 11.6. The van der Waals surface area contributed by atoms with Gasteiger partial charge in [0.05, 0.1) is 6.04 Å². The molecule has 0 spiro atoms. The molecule has 2 aromatic rings. The van der Waals surface area contributed by atoms with E-state index in [-0.39, 0.29) is 18.1 Å². The zero-order chi connectivity index (χ0) is 14.2. The molecular weight excluding hydrogens is 264 g/mol. The third kappa shape index (κ3) is 1.93. The summed E-state index contributed by atoms with van der Waals surface area (Å²) < 4.78 is 0. The first-order chi connectivity index (χ1) is 10.4. The highest BCUT2D eigenvalue weighted by atomic mass is 16.2. The number of fused-ring (bicyclic) bond motifs is 1. The molecular formula is C16H16N4O. The normalized spacial score (nSPS) is 25.3. The number of carbonyl (C=O) groups excluding carboxylic acids is 1. The van der Waals surface area contributed by atoms with Gasteiger partial charge in [0.15, 0.2) is 0 Å². The maximum absolute atomic E-state index is 12.8. The Morgan fingerprint density at radius 1 is 1.14 bits per heavy atom. The van der Waals surface area contributed by atoms with E-state index in [2.05, 4.69) is 14.9 Å². The van der Waals surface area contributed by atoms with Gasteiger partial charge < -0.3 is 0 Å². The highest BCUT2D eigenvalue weighted by molar-refractivity contribution is 5.99. The predicted octanol–water partition coefficient (Wildman–Crippen LogP) is 1.99. The van der Waals surface area contributed by atoms with Crippen molar-refractivity contribution in [1.82, 2.24) is 14.9 Å². The van der Waals surface area contributed by atoms with E-state index in [1.807, 2.05) is 41.4 Å². The van der Waals surface area contributed by atoms with Crippen LogP contribution < -0.4 is 4.90 Å². The number of nitrogens with zero attached hydrogens (tertiary/aromatic N) is 4. The second kappa shape index (κ2) is 4.93. The van der Waals surface area contributed by atoms with E-state index >= 15 is 0 Å². The Morgan fingerprint density at radius 2 is 2.10 bits per heavy atom. The van der Waals surface area contributed by atoms with Gasteiger partial charge >= 0.3 is 0 Å². The number of aromatic nitrogens is 2. The number of rotatable bonds is 2. The van der Waals surface area contributed by atoms with Crippen molar-refractivity contribution in [1.29, 1.82) is 0 Å². The van der Waals surface area contributed by atoms with Crippen LogP contribution in [0.5, 0.6) is 0 Å². The molecule has 0 aromatic carbocycles. The van der Waals surface area contributed by atoms with Crippen LogP contribution in [0.15, 0.2) is 48.9 Å². The number of amides is 1. The number of hydrogen-bond acceptors (Lipinski definition) is 4. The van der Waals surface area contributed by atoms with Crippen molar-refractivity contribution >= 4 is 11.7 Å². The molecule has 0 aliphatic carbocycles. The third-order valence-corrected chi connectivity index (χ3v) is 4.25. The first-order valence-corrected chi connectivity index (χ1v) is 7.26. The minimum Gasteiger partial charge on any atom is -0.274 e. The first kappa shape index (κ1) is 12.5. The molecule has 1 amide bonds. The fourth-order valence-corrected chi connectivity index (χ4v) is 3.38. The van der Waals surface area contributed by atoms with Crippen LogP contribution in [0.4, 0.5) is 5.82 Å². The van der Waals surface area contributed by atoms with Crippen LogP contribution in [0.25, 0.3) is 0 Å². The summed E-state index contributed by atoms with van der Waals surface area (Å²) in [5.74, 6) is 0.866. The van der Waals surface area contributed by atoms with Crippen molar-refractivity contribution in [3.8, 4) is 0 Å². The molecule has 2 aliphatic rings. The van der Waals surface area contributed by atoms with E-state index < -0.39 is 0 Å². The number of pyridine rings is 2. The highest BCUT2D eigenvalue weighted by Crippen LogP contribution is 2.41. The summed E-state index contributed by atoms with van der Waals surface area (Å²) in [6.07, 6.45) is 7.24. The van der Waals surface area contributed by atoms with Crippen LogP contribution in [0.3, 0.4) is 0 Å². The van der Waals surface area contributed by atoms with Crippen LogP contribution in [0.2, 0.25) is 0 Å². The van der Waals surface area contributed by atoms with Crippen LogP contribution in [-0.2, 0) is 4.79 Å². The lowest BCUT2D eigenvalue weighted by Crippen LogP contribution is -2.32. The Kier molecular flexibility index (Phi) is 2.93. The maximum Gasteiger partial charge on any atom is 0.247 e. The maximum atomic E-state index is 12.8. The Balaban J connectivity index is 1.81. The summed E-state index contributed by atoms with van der Waals surface area (Å²) in [6.45, 7) is 0.944. The van der Waals surface area contributed by atoms with Gasteiger partial charge in [0.2, 0.25) is 5.91 Å². The second-order valence-corrected chi connectivity index (χ2v) is 5.45. The summed E-state index contributed by atoms with van der Waals surface area (Å²) >= 11 is 0. The molecule has 0 N–H and O–H groups in total. The standard InChI is InChI=1S/C16H16N4O/c21-16-13-6-4-10-19(13)15(12-5-3-8-17-11-12)20(16)14-7-1-2-9-18-14/h1-3,5,7-9,11,13,15H,4,6,10H2/t13-,15+/m1/s1. The van der Waals surface area contributed by atoms with Crippen molar-refractivity contribution in [3.05, 3.63) is 54.5 Å². The van der Waals surface area contributed by atoms with Crippen molar-refractivity contribution < 1.29 is 4.79 Å². The summed E-state index contributed by atoms with van der Waals surface area (Å²) in [5.41, 5.74) is 1.04. The lowest BCUT2D eigenvalue weighted by molar-refractivity contribution is -0.119. The van der Waals surface area contributed by atoms with Crippen molar-refractivity contribution in [3.63, 3.8) is 0 Å². The Bertz CT molecular complexity index is 646. The average Bonchev–Trinajstić information content (AvgIpc) is 3.11. The average molecular weight is 280 g/mol. The molecule has 0 unspecified atom stereocenters. The quantitative estimate of drug-likeness (QED) is 0.844. The lowest BCUT2D eigenvalue weighted by atomic mass is 10.2. The van der Waals surface area contributed by atoms with E-state index in [4.69, 9.17) is 0 Å². The van der Waals surface area contributed by atoms with E-state index in [9.17, 15) is 4.79 Å². The molecule has 2 fully saturated rings. The minimum absolute atomic E-state index is 0.0165. The molecule has 4 rings (SSSR count). The van der Waals surface area contributed by atoms with Gasteiger partial charge in [-0.3, -0.25) is 19.6 Å². The fraction of sp³-hybridized carbons (Fsp3) is 0.312. The Hall–Kier alpha value is -2.27. The predicted molar refractivity (Wildman–Crippen MR) is 78.4 cm³/mol. The Labute approximate surface area is 123 Å². The van der Waals surface area contributed by atoms with Gasteiger partial charge in [-0.2, -0.15) is 0 Å². The molecule has 2 aromatic heterocycles. The van der Waals surface area contributed by atoms with Gasteiger partial charge in [-0.25, -0.2) is 4.98 Å². The molecule has 106 valence electrons. The fourth-order valence-electron chi connectivity index (χ4n) is 3.38. The van der Waals surface area contributed by atoms with E-state index in [1.54, 1.807) is 12.4 Å². The molecule has 5 nitrogen and oxygen atoms in total. The van der Waals surface area contributed by atoms with Crippen molar-refractivity contribution in [2.45, 2.75) is 25.0 Å². The first-order valence-electron chi connectivity index (χ1n) is 7.26. The van der Waals surface area contributed by atoms with Gasteiger partial charge in [0.25, 0.3) is 0 Å². The molecule has 5 heteroatoms. The lowest BCUT2D eigenvalue weighted by Gasteiger charge is -2.28. The smallest absolute Gasteiger partial charge is 0.247 e.